The summed E-state index contributed by atoms with van der Waals surface area (Å²) in [4.78, 5) is 18.4. The fourth-order valence-corrected chi connectivity index (χ4v) is 4.42. The lowest BCUT2D eigenvalue weighted by Crippen LogP contribution is -2.19. The van der Waals surface area contributed by atoms with Gasteiger partial charge in [0, 0.05) is 40.8 Å². The van der Waals surface area contributed by atoms with E-state index >= 15 is 0 Å². The molecule has 3 rings (SSSR count). The van der Waals surface area contributed by atoms with Crippen LogP contribution in [0.3, 0.4) is 0 Å². The Hall–Kier alpha value is -1.99. The van der Waals surface area contributed by atoms with Crippen LogP contribution in [0.25, 0.3) is 0 Å². The minimum absolute atomic E-state index is 0.266. The lowest BCUT2D eigenvalue weighted by molar-refractivity contribution is 0.229. The van der Waals surface area contributed by atoms with Gasteiger partial charge in [-0.15, -0.1) is 11.8 Å². The number of aromatic nitrogens is 3. The fraction of sp³-hybridized carbons (Fsp3) is 0.474. The first kappa shape index (κ1) is 18.8. The number of pyridine rings is 1. The van der Waals surface area contributed by atoms with Gasteiger partial charge >= 0.3 is 0 Å². The van der Waals surface area contributed by atoms with Crippen molar-refractivity contribution in [3.05, 3.63) is 35.5 Å². The van der Waals surface area contributed by atoms with E-state index in [2.05, 4.69) is 32.0 Å². The molecule has 138 valence electrons. The number of aryl methyl sites for hydroxylation is 2. The number of anilines is 1. The third-order valence-corrected chi connectivity index (χ3v) is 5.86. The van der Waals surface area contributed by atoms with Crippen molar-refractivity contribution < 1.29 is 5.11 Å². The highest BCUT2D eigenvalue weighted by molar-refractivity contribution is 7.98. The van der Waals surface area contributed by atoms with Crippen LogP contribution in [0.15, 0.2) is 28.3 Å². The second kappa shape index (κ2) is 8.60. The van der Waals surface area contributed by atoms with Crippen LogP contribution in [0.1, 0.15) is 36.3 Å². The zero-order valence-electron chi connectivity index (χ0n) is 15.3. The highest BCUT2D eigenvalue weighted by atomic mass is 32.2. The zero-order chi connectivity index (χ0) is 18.5. The standard InChI is InChI=1S/C19H25N5OS/c1-12-16(11-26-18-6-7-21-9-17(18)20-3)19(23-13(2)22-12)24-15-5-4-14(8-15)10-25/h6-7,9,14-15,25H,3-5,8,10-11H2,1-2H3,(H,22,23,24). The molecule has 0 saturated heterocycles. The number of nitrogens with one attached hydrogen (secondary N) is 1. The maximum absolute atomic E-state index is 9.38. The molecule has 1 aliphatic carbocycles. The monoisotopic (exact) mass is 371 g/mol. The van der Waals surface area contributed by atoms with E-state index in [1.165, 1.54) is 0 Å². The second-order valence-corrected chi connectivity index (χ2v) is 7.69. The number of hydrogen-bond donors (Lipinski definition) is 2. The Balaban J connectivity index is 1.78. The molecule has 2 aromatic rings. The lowest BCUT2D eigenvalue weighted by atomic mass is 10.1. The summed E-state index contributed by atoms with van der Waals surface area (Å²) in [5.41, 5.74) is 2.89. The summed E-state index contributed by atoms with van der Waals surface area (Å²) in [6, 6.07) is 2.31. The molecule has 1 aliphatic rings. The molecular weight excluding hydrogens is 346 g/mol. The molecule has 6 nitrogen and oxygen atoms in total. The fourth-order valence-electron chi connectivity index (χ4n) is 3.36. The third-order valence-electron chi connectivity index (χ3n) is 4.77. The number of hydrogen-bond acceptors (Lipinski definition) is 7. The van der Waals surface area contributed by atoms with Crippen LogP contribution in [0.2, 0.25) is 0 Å². The van der Waals surface area contributed by atoms with E-state index in [0.29, 0.717) is 12.0 Å². The SMILES string of the molecule is C=Nc1cnccc1SCc1c(C)nc(C)nc1NC1CCC(CO)C1. The Morgan fingerprint density at radius 1 is 1.35 bits per heavy atom. The van der Waals surface area contributed by atoms with Crippen molar-refractivity contribution in [2.75, 3.05) is 11.9 Å². The van der Waals surface area contributed by atoms with Gasteiger partial charge in [0.05, 0.1) is 11.9 Å². The number of rotatable bonds is 7. The molecule has 2 unspecified atom stereocenters. The van der Waals surface area contributed by atoms with Crippen LogP contribution >= 0.6 is 11.8 Å². The number of thioether (sulfide) groups is 1. The van der Waals surface area contributed by atoms with Crippen LogP contribution in [0.5, 0.6) is 0 Å². The molecule has 0 spiro atoms. The van der Waals surface area contributed by atoms with Gasteiger partial charge in [0.15, 0.2) is 0 Å². The molecule has 0 aromatic carbocycles. The van der Waals surface area contributed by atoms with Gasteiger partial charge in [-0.05, 0) is 51.8 Å². The molecule has 7 heteroatoms. The van der Waals surface area contributed by atoms with E-state index in [0.717, 1.165) is 58.5 Å². The molecule has 26 heavy (non-hydrogen) atoms. The van der Waals surface area contributed by atoms with Crippen LogP contribution in [0, 0.1) is 19.8 Å². The van der Waals surface area contributed by atoms with Crippen molar-refractivity contribution in [2.24, 2.45) is 10.9 Å². The van der Waals surface area contributed by atoms with E-state index in [-0.39, 0.29) is 6.61 Å². The minimum atomic E-state index is 0.266. The minimum Gasteiger partial charge on any atom is -0.396 e. The largest absolute Gasteiger partial charge is 0.396 e. The Morgan fingerprint density at radius 3 is 2.92 bits per heavy atom. The Labute approximate surface area is 158 Å². The quantitative estimate of drug-likeness (QED) is 0.570. The number of aliphatic hydroxyl groups excluding tert-OH is 1. The van der Waals surface area contributed by atoms with E-state index < -0.39 is 0 Å². The third kappa shape index (κ3) is 4.40. The molecule has 2 aromatic heterocycles. The Morgan fingerprint density at radius 2 is 2.19 bits per heavy atom. The molecule has 2 atom stereocenters. The Bertz CT molecular complexity index is 783. The van der Waals surface area contributed by atoms with Crippen molar-refractivity contribution in [1.29, 1.82) is 0 Å². The summed E-state index contributed by atoms with van der Waals surface area (Å²) in [6.07, 6.45) is 6.60. The molecule has 0 amide bonds. The molecule has 0 aliphatic heterocycles. The topological polar surface area (TPSA) is 83.3 Å². The predicted molar refractivity (Wildman–Crippen MR) is 106 cm³/mol. The van der Waals surface area contributed by atoms with Crippen LogP contribution in [-0.2, 0) is 5.75 Å². The smallest absolute Gasteiger partial charge is 0.134 e. The molecule has 0 bridgehead atoms. The van der Waals surface area contributed by atoms with E-state index in [1.807, 2.05) is 19.9 Å². The van der Waals surface area contributed by atoms with Crippen LogP contribution < -0.4 is 5.32 Å². The van der Waals surface area contributed by atoms with E-state index in [4.69, 9.17) is 0 Å². The first-order chi connectivity index (χ1) is 12.6. The number of aliphatic imine (C=N–C) groups is 1. The van der Waals surface area contributed by atoms with Gasteiger partial charge in [-0.2, -0.15) is 0 Å². The van der Waals surface area contributed by atoms with Gasteiger partial charge in [-0.1, -0.05) is 0 Å². The summed E-state index contributed by atoms with van der Waals surface area (Å²) >= 11 is 1.69. The Kier molecular flexibility index (Phi) is 6.21. The van der Waals surface area contributed by atoms with Crippen molar-refractivity contribution >= 4 is 30.0 Å². The maximum atomic E-state index is 9.38. The number of nitrogens with zero attached hydrogens (tertiary/aromatic N) is 4. The number of aliphatic hydroxyl groups is 1. The maximum Gasteiger partial charge on any atom is 0.134 e. The molecule has 2 heterocycles. The summed E-state index contributed by atoms with van der Waals surface area (Å²) in [5.74, 6) is 2.82. The van der Waals surface area contributed by atoms with Gasteiger partial charge in [0.1, 0.15) is 11.6 Å². The van der Waals surface area contributed by atoms with E-state index in [1.54, 1.807) is 24.2 Å². The van der Waals surface area contributed by atoms with Crippen molar-refractivity contribution in [3.8, 4) is 0 Å². The summed E-state index contributed by atoms with van der Waals surface area (Å²) < 4.78 is 0. The predicted octanol–water partition coefficient (Wildman–Crippen LogP) is 3.69. The van der Waals surface area contributed by atoms with Gasteiger partial charge in [-0.25, -0.2) is 9.97 Å². The summed E-state index contributed by atoms with van der Waals surface area (Å²) in [6.45, 7) is 7.83. The van der Waals surface area contributed by atoms with Crippen molar-refractivity contribution in [1.82, 2.24) is 15.0 Å². The van der Waals surface area contributed by atoms with Crippen LogP contribution in [0.4, 0.5) is 11.5 Å². The average molecular weight is 372 g/mol. The van der Waals surface area contributed by atoms with Crippen molar-refractivity contribution in [3.63, 3.8) is 0 Å². The van der Waals surface area contributed by atoms with Crippen LogP contribution in [-0.4, -0.2) is 39.4 Å². The molecule has 0 radical (unpaired) electrons. The average Bonchev–Trinajstić information content (AvgIpc) is 3.09. The summed E-state index contributed by atoms with van der Waals surface area (Å²) in [7, 11) is 0. The second-order valence-electron chi connectivity index (χ2n) is 6.68. The highest BCUT2D eigenvalue weighted by Gasteiger charge is 2.25. The molecule has 2 N–H and O–H groups in total. The molecule has 1 saturated carbocycles. The van der Waals surface area contributed by atoms with Gasteiger partial charge in [0.25, 0.3) is 0 Å². The van der Waals surface area contributed by atoms with Gasteiger partial charge in [0.2, 0.25) is 0 Å². The first-order valence-corrected chi connectivity index (χ1v) is 9.84. The van der Waals surface area contributed by atoms with Gasteiger partial charge in [-0.3, -0.25) is 9.98 Å². The van der Waals surface area contributed by atoms with Gasteiger partial charge < -0.3 is 10.4 Å². The highest BCUT2D eigenvalue weighted by Crippen LogP contribution is 2.34. The summed E-state index contributed by atoms with van der Waals surface area (Å²) in [5, 5.41) is 13.0. The lowest BCUT2D eigenvalue weighted by Gasteiger charge is -2.18. The van der Waals surface area contributed by atoms with Crippen molar-refractivity contribution in [2.45, 2.75) is 49.8 Å². The molecule has 1 fully saturated rings. The zero-order valence-corrected chi connectivity index (χ0v) is 16.1. The molecular formula is C19H25N5OS. The normalized spacial score (nSPS) is 19.5. The van der Waals surface area contributed by atoms with E-state index in [9.17, 15) is 5.11 Å². The first-order valence-electron chi connectivity index (χ1n) is 8.85.